The van der Waals surface area contributed by atoms with E-state index in [1.807, 2.05) is 18.5 Å². The van der Waals surface area contributed by atoms with Gasteiger partial charge in [-0.25, -0.2) is 0 Å². The molecule has 1 aliphatic carbocycles. The molecule has 136 valence electrons. The molecule has 1 amide bonds. The van der Waals surface area contributed by atoms with E-state index in [9.17, 15) is 9.90 Å². The van der Waals surface area contributed by atoms with E-state index < -0.39 is 5.60 Å². The molecular weight excluding hydrogens is 302 g/mol. The second-order valence-electron chi connectivity index (χ2n) is 7.82. The Morgan fingerprint density at radius 1 is 1.25 bits per heavy atom. The average molecular weight is 335 g/mol. The first-order valence-corrected chi connectivity index (χ1v) is 9.33. The second kappa shape index (κ2) is 8.15. The molecule has 1 aromatic heterocycles. The summed E-state index contributed by atoms with van der Waals surface area (Å²) in [5, 5.41) is 18.2. The fourth-order valence-electron chi connectivity index (χ4n) is 3.56. The molecule has 0 radical (unpaired) electrons. The lowest BCUT2D eigenvalue weighted by Crippen LogP contribution is -2.43. The first-order chi connectivity index (χ1) is 11.3. The highest BCUT2D eigenvalue weighted by Crippen LogP contribution is 2.26. The van der Waals surface area contributed by atoms with Crippen molar-refractivity contribution in [2.75, 3.05) is 6.54 Å². The number of nitrogens with zero attached hydrogens (tertiary/aromatic N) is 2. The van der Waals surface area contributed by atoms with Gasteiger partial charge >= 0.3 is 0 Å². The summed E-state index contributed by atoms with van der Waals surface area (Å²) in [6.45, 7) is 9.56. The number of aromatic nitrogens is 2. The minimum Gasteiger partial charge on any atom is -0.388 e. The lowest BCUT2D eigenvalue weighted by atomic mass is 9.94. The molecule has 1 aliphatic rings. The molecule has 0 aliphatic heterocycles. The van der Waals surface area contributed by atoms with Crippen LogP contribution in [-0.2, 0) is 17.8 Å². The van der Waals surface area contributed by atoms with E-state index in [1.165, 1.54) is 12.8 Å². The SMILES string of the molecule is Cc1nn(CC(C)C)c(C)c1CC(=O)NCC1(O)CCCCCC1. The summed E-state index contributed by atoms with van der Waals surface area (Å²) in [5.41, 5.74) is 2.29. The average Bonchev–Trinajstić information content (AvgIpc) is 2.69. The smallest absolute Gasteiger partial charge is 0.224 e. The molecule has 5 heteroatoms. The van der Waals surface area contributed by atoms with E-state index in [0.29, 0.717) is 18.9 Å². The fraction of sp³-hybridized carbons (Fsp3) is 0.789. The number of amides is 1. The van der Waals surface area contributed by atoms with E-state index in [0.717, 1.165) is 49.2 Å². The van der Waals surface area contributed by atoms with Crippen LogP contribution in [0.3, 0.4) is 0 Å². The summed E-state index contributed by atoms with van der Waals surface area (Å²) >= 11 is 0. The Kier molecular flexibility index (Phi) is 6.44. The van der Waals surface area contributed by atoms with Crippen molar-refractivity contribution in [3.8, 4) is 0 Å². The highest BCUT2D eigenvalue weighted by Gasteiger charge is 2.28. The van der Waals surface area contributed by atoms with Crippen molar-refractivity contribution in [1.29, 1.82) is 0 Å². The maximum Gasteiger partial charge on any atom is 0.224 e. The molecule has 0 saturated heterocycles. The van der Waals surface area contributed by atoms with Gasteiger partial charge in [-0.3, -0.25) is 9.48 Å². The Bertz CT molecular complexity index is 555. The summed E-state index contributed by atoms with van der Waals surface area (Å²) in [6.07, 6.45) is 6.38. The third-order valence-corrected chi connectivity index (χ3v) is 5.06. The molecule has 2 rings (SSSR count). The van der Waals surface area contributed by atoms with Gasteiger partial charge in [0.25, 0.3) is 0 Å². The van der Waals surface area contributed by atoms with Gasteiger partial charge in [0.2, 0.25) is 5.91 Å². The quantitative estimate of drug-likeness (QED) is 0.786. The number of nitrogens with one attached hydrogen (secondary N) is 1. The molecular formula is C19H33N3O2. The van der Waals surface area contributed by atoms with Crippen LogP contribution in [0.2, 0.25) is 0 Å². The van der Waals surface area contributed by atoms with Gasteiger partial charge in [-0.2, -0.15) is 5.10 Å². The maximum absolute atomic E-state index is 12.4. The summed E-state index contributed by atoms with van der Waals surface area (Å²) in [6, 6.07) is 0. The Labute approximate surface area is 145 Å². The predicted octanol–water partition coefficient (Wildman–Crippen LogP) is 2.90. The zero-order chi connectivity index (χ0) is 17.7. The third-order valence-electron chi connectivity index (χ3n) is 5.06. The Morgan fingerprint density at radius 3 is 2.46 bits per heavy atom. The monoisotopic (exact) mass is 335 g/mol. The van der Waals surface area contributed by atoms with Crippen LogP contribution in [0.4, 0.5) is 0 Å². The highest BCUT2D eigenvalue weighted by atomic mass is 16.3. The molecule has 0 atom stereocenters. The van der Waals surface area contributed by atoms with Crippen LogP contribution in [0.15, 0.2) is 0 Å². The van der Waals surface area contributed by atoms with Gasteiger partial charge in [-0.15, -0.1) is 0 Å². The van der Waals surface area contributed by atoms with Crippen LogP contribution in [0.5, 0.6) is 0 Å². The lowest BCUT2D eigenvalue weighted by Gasteiger charge is -2.26. The van der Waals surface area contributed by atoms with Gasteiger partial charge in [0.1, 0.15) is 0 Å². The number of rotatable bonds is 6. The molecule has 1 fully saturated rings. The van der Waals surface area contributed by atoms with Crippen molar-refractivity contribution < 1.29 is 9.90 Å². The first kappa shape index (κ1) is 19.0. The molecule has 0 aromatic carbocycles. The summed E-state index contributed by atoms with van der Waals surface area (Å²) in [5.74, 6) is 0.497. The molecule has 0 spiro atoms. The van der Waals surface area contributed by atoms with Crippen LogP contribution in [0.1, 0.15) is 69.3 Å². The molecule has 0 unspecified atom stereocenters. The molecule has 0 bridgehead atoms. The van der Waals surface area contributed by atoms with E-state index in [2.05, 4.69) is 24.3 Å². The van der Waals surface area contributed by atoms with Crippen molar-refractivity contribution in [3.63, 3.8) is 0 Å². The second-order valence-corrected chi connectivity index (χ2v) is 7.82. The Morgan fingerprint density at radius 2 is 1.88 bits per heavy atom. The largest absolute Gasteiger partial charge is 0.388 e. The van der Waals surface area contributed by atoms with Crippen molar-refractivity contribution >= 4 is 5.91 Å². The standard InChI is InChI=1S/C19H33N3O2/c1-14(2)12-22-16(4)17(15(3)21-22)11-18(23)20-13-19(24)9-7-5-6-8-10-19/h14,24H,5-13H2,1-4H3,(H,20,23). The summed E-state index contributed by atoms with van der Waals surface area (Å²) in [4.78, 5) is 12.4. The number of carbonyl (C=O) groups is 1. The third kappa shape index (κ3) is 5.07. The van der Waals surface area contributed by atoms with Crippen molar-refractivity contribution in [2.45, 2.75) is 84.8 Å². The molecule has 1 heterocycles. The van der Waals surface area contributed by atoms with Crippen molar-refractivity contribution in [2.24, 2.45) is 5.92 Å². The van der Waals surface area contributed by atoms with Crippen molar-refractivity contribution in [3.05, 3.63) is 17.0 Å². The first-order valence-electron chi connectivity index (χ1n) is 9.33. The molecule has 1 aromatic rings. The van der Waals surface area contributed by atoms with Crippen LogP contribution < -0.4 is 5.32 Å². The van der Waals surface area contributed by atoms with E-state index in [-0.39, 0.29) is 5.91 Å². The minimum absolute atomic E-state index is 0.0250. The van der Waals surface area contributed by atoms with Crippen LogP contribution in [-0.4, -0.2) is 32.9 Å². The lowest BCUT2D eigenvalue weighted by molar-refractivity contribution is -0.121. The normalized spacial score (nSPS) is 17.8. The van der Waals surface area contributed by atoms with Gasteiger partial charge in [0, 0.05) is 24.3 Å². The number of hydrogen-bond acceptors (Lipinski definition) is 3. The topological polar surface area (TPSA) is 67.2 Å². The van der Waals surface area contributed by atoms with Gasteiger partial charge in [-0.05, 0) is 32.6 Å². The number of carbonyl (C=O) groups excluding carboxylic acids is 1. The summed E-state index contributed by atoms with van der Waals surface area (Å²) < 4.78 is 2.00. The number of aliphatic hydroxyl groups is 1. The van der Waals surface area contributed by atoms with Gasteiger partial charge in [-0.1, -0.05) is 39.5 Å². The highest BCUT2D eigenvalue weighted by molar-refractivity contribution is 5.79. The Balaban J connectivity index is 1.93. The van der Waals surface area contributed by atoms with Gasteiger partial charge in [0.05, 0.1) is 17.7 Å². The van der Waals surface area contributed by atoms with Crippen LogP contribution in [0, 0.1) is 19.8 Å². The van der Waals surface area contributed by atoms with E-state index in [4.69, 9.17) is 0 Å². The van der Waals surface area contributed by atoms with Crippen LogP contribution in [0.25, 0.3) is 0 Å². The zero-order valence-corrected chi connectivity index (χ0v) is 15.7. The molecule has 5 nitrogen and oxygen atoms in total. The predicted molar refractivity (Wildman–Crippen MR) is 95.9 cm³/mol. The van der Waals surface area contributed by atoms with E-state index >= 15 is 0 Å². The Hall–Kier alpha value is -1.36. The minimum atomic E-state index is -0.724. The van der Waals surface area contributed by atoms with Gasteiger partial charge < -0.3 is 10.4 Å². The number of hydrogen-bond donors (Lipinski definition) is 2. The zero-order valence-electron chi connectivity index (χ0n) is 15.7. The van der Waals surface area contributed by atoms with Crippen molar-refractivity contribution in [1.82, 2.24) is 15.1 Å². The summed E-state index contributed by atoms with van der Waals surface area (Å²) in [7, 11) is 0. The molecule has 2 N–H and O–H groups in total. The van der Waals surface area contributed by atoms with Crippen LogP contribution >= 0.6 is 0 Å². The maximum atomic E-state index is 12.4. The van der Waals surface area contributed by atoms with Gasteiger partial charge in [0.15, 0.2) is 0 Å². The molecule has 1 saturated carbocycles. The molecule has 24 heavy (non-hydrogen) atoms. The fourth-order valence-corrected chi connectivity index (χ4v) is 3.56. The van der Waals surface area contributed by atoms with E-state index in [1.54, 1.807) is 0 Å². The number of aryl methyl sites for hydroxylation is 1.